The Morgan fingerprint density at radius 1 is 1.44 bits per heavy atom. The smallest absolute Gasteiger partial charge is 0.353 e. The number of aryl methyl sites for hydroxylation is 1. The van der Waals surface area contributed by atoms with E-state index in [9.17, 15) is 4.79 Å². The highest BCUT2D eigenvalue weighted by molar-refractivity contribution is 9.10. The Kier molecular flexibility index (Phi) is 3.38. The van der Waals surface area contributed by atoms with Crippen molar-refractivity contribution in [2.24, 2.45) is 0 Å². The molecule has 0 radical (unpaired) electrons. The van der Waals surface area contributed by atoms with E-state index in [2.05, 4.69) is 26.1 Å². The molecular formula is C12H11BrN2O3. The zero-order valence-electron chi connectivity index (χ0n) is 9.82. The lowest BCUT2D eigenvalue weighted by Gasteiger charge is -2.08. The number of carboxylic acids is 1. The van der Waals surface area contributed by atoms with E-state index in [0.717, 1.165) is 15.6 Å². The van der Waals surface area contributed by atoms with Gasteiger partial charge in [0.15, 0.2) is 0 Å². The number of aromatic carboxylic acids is 1. The van der Waals surface area contributed by atoms with Crippen LogP contribution < -0.4 is 4.74 Å². The molecule has 5 nitrogen and oxygen atoms in total. The van der Waals surface area contributed by atoms with Gasteiger partial charge in [-0.15, -0.1) is 0 Å². The molecule has 0 unspecified atom stereocenters. The van der Waals surface area contributed by atoms with Gasteiger partial charge < -0.3 is 9.84 Å². The van der Waals surface area contributed by atoms with Crippen molar-refractivity contribution in [3.8, 4) is 17.0 Å². The maximum atomic E-state index is 10.8. The second-order valence-corrected chi connectivity index (χ2v) is 4.59. The van der Waals surface area contributed by atoms with Gasteiger partial charge in [0.05, 0.1) is 17.3 Å². The first-order valence-corrected chi connectivity index (χ1v) is 5.95. The first kappa shape index (κ1) is 12.6. The number of hydrogen-bond donors (Lipinski definition) is 2. The van der Waals surface area contributed by atoms with Crippen LogP contribution in [0.1, 0.15) is 16.1 Å². The number of hydrogen-bond acceptors (Lipinski definition) is 3. The van der Waals surface area contributed by atoms with Crippen LogP contribution in [0, 0.1) is 6.92 Å². The fourth-order valence-electron chi connectivity index (χ4n) is 1.64. The third-order valence-corrected chi connectivity index (χ3v) is 3.31. The van der Waals surface area contributed by atoms with Crippen LogP contribution in [0.2, 0.25) is 0 Å². The summed E-state index contributed by atoms with van der Waals surface area (Å²) < 4.78 is 5.99. The van der Waals surface area contributed by atoms with E-state index in [0.29, 0.717) is 11.4 Å². The Morgan fingerprint density at radius 3 is 2.72 bits per heavy atom. The first-order valence-electron chi connectivity index (χ1n) is 5.16. The van der Waals surface area contributed by atoms with Crippen LogP contribution in [-0.4, -0.2) is 28.4 Å². The van der Waals surface area contributed by atoms with E-state index >= 15 is 0 Å². The molecule has 18 heavy (non-hydrogen) atoms. The second-order valence-electron chi connectivity index (χ2n) is 3.80. The molecule has 0 aliphatic heterocycles. The number of benzene rings is 1. The minimum atomic E-state index is -1.04. The normalized spacial score (nSPS) is 10.4. The van der Waals surface area contributed by atoms with E-state index in [4.69, 9.17) is 9.84 Å². The lowest BCUT2D eigenvalue weighted by molar-refractivity contribution is 0.0690. The van der Waals surface area contributed by atoms with Crippen molar-refractivity contribution in [3.63, 3.8) is 0 Å². The number of aromatic amines is 1. The van der Waals surface area contributed by atoms with Gasteiger partial charge in [-0.05, 0) is 46.6 Å². The molecule has 0 fully saturated rings. The summed E-state index contributed by atoms with van der Waals surface area (Å²) in [6.07, 6.45) is 0. The number of carbonyl (C=O) groups is 1. The van der Waals surface area contributed by atoms with E-state index < -0.39 is 5.97 Å². The lowest BCUT2D eigenvalue weighted by Crippen LogP contribution is -1.95. The number of rotatable bonds is 3. The highest BCUT2D eigenvalue weighted by Crippen LogP contribution is 2.36. The number of halogens is 1. The Labute approximate surface area is 112 Å². The predicted octanol–water partition coefficient (Wildman–Crippen LogP) is 2.85. The number of nitrogens with zero attached hydrogens (tertiary/aromatic N) is 1. The lowest BCUT2D eigenvalue weighted by atomic mass is 10.1. The van der Waals surface area contributed by atoms with E-state index in [1.807, 2.05) is 19.1 Å². The van der Waals surface area contributed by atoms with Crippen molar-refractivity contribution in [3.05, 3.63) is 33.9 Å². The molecule has 0 atom stereocenters. The summed E-state index contributed by atoms with van der Waals surface area (Å²) in [5.41, 5.74) is 2.40. The van der Waals surface area contributed by atoms with Crippen LogP contribution >= 0.6 is 15.9 Å². The average Bonchev–Trinajstić information content (AvgIpc) is 2.81. The van der Waals surface area contributed by atoms with Crippen molar-refractivity contribution in [1.29, 1.82) is 0 Å². The van der Waals surface area contributed by atoms with Crippen LogP contribution in [0.3, 0.4) is 0 Å². The Morgan fingerprint density at radius 2 is 2.17 bits per heavy atom. The van der Waals surface area contributed by atoms with Gasteiger partial charge in [-0.2, -0.15) is 5.10 Å². The molecule has 1 aromatic carbocycles. The van der Waals surface area contributed by atoms with Crippen molar-refractivity contribution in [1.82, 2.24) is 10.2 Å². The monoisotopic (exact) mass is 310 g/mol. The second kappa shape index (κ2) is 4.81. The molecule has 94 valence electrons. The average molecular weight is 311 g/mol. The number of methoxy groups -OCH3 is 1. The summed E-state index contributed by atoms with van der Waals surface area (Å²) in [5.74, 6) is -0.352. The van der Waals surface area contributed by atoms with Crippen LogP contribution in [0.25, 0.3) is 11.3 Å². The highest BCUT2D eigenvalue weighted by atomic mass is 79.9. The third-order valence-electron chi connectivity index (χ3n) is 2.49. The van der Waals surface area contributed by atoms with Crippen LogP contribution in [0.4, 0.5) is 0 Å². The fourth-order valence-corrected chi connectivity index (χ4v) is 2.23. The fraction of sp³-hybridized carbons (Fsp3) is 0.167. The molecule has 0 spiro atoms. The van der Waals surface area contributed by atoms with Crippen LogP contribution in [-0.2, 0) is 0 Å². The molecule has 0 amide bonds. The largest absolute Gasteiger partial charge is 0.496 e. The Balaban J connectivity index is 2.55. The predicted molar refractivity (Wildman–Crippen MR) is 70.0 cm³/mol. The summed E-state index contributed by atoms with van der Waals surface area (Å²) in [4.78, 5) is 10.8. The molecule has 0 saturated carbocycles. The molecule has 2 rings (SSSR count). The van der Waals surface area contributed by atoms with Crippen molar-refractivity contribution < 1.29 is 14.6 Å². The number of aromatic nitrogens is 2. The molecule has 1 heterocycles. The van der Waals surface area contributed by atoms with Gasteiger partial charge >= 0.3 is 5.97 Å². The van der Waals surface area contributed by atoms with Gasteiger partial charge in [-0.3, -0.25) is 5.10 Å². The minimum Gasteiger partial charge on any atom is -0.496 e. The molecule has 0 aliphatic rings. The molecule has 0 saturated heterocycles. The van der Waals surface area contributed by atoms with E-state index in [1.54, 1.807) is 7.11 Å². The highest BCUT2D eigenvalue weighted by Gasteiger charge is 2.14. The Hall–Kier alpha value is -1.82. The summed E-state index contributed by atoms with van der Waals surface area (Å²) in [5, 5.41) is 15.3. The summed E-state index contributed by atoms with van der Waals surface area (Å²) in [7, 11) is 1.58. The van der Waals surface area contributed by atoms with E-state index in [1.165, 1.54) is 6.07 Å². The van der Waals surface area contributed by atoms with Crippen LogP contribution in [0.5, 0.6) is 5.75 Å². The maximum Gasteiger partial charge on any atom is 0.353 e. The van der Waals surface area contributed by atoms with Gasteiger partial charge in [0.2, 0.25) is 0 Å². The third kappa shape index (κ3) is 2.24. The SMILES string of the molecule is COc1cc(C)cc(-c2cc(C(=O)O)[nH]n2)c1Br. The Bertz CT molecular complexity index is 607. The van der Waals surface area contributed by atoms with Gasteiger partial charge in [0.25, 0.3) is 0 Å². The standard InChI is InChI=1S/C12H11BrN2O3/c1-6-3-7(11(13)10(4-6)18-2)8-5-9(12(16)17)15-14-8/h3-5H,1-2H3,(H,14,15)(H,16,17). The molecule has 0 aliphatic carbocycles. The van der Waals surface area contributed by atoms with Gasteiger partial charge in [0, 0.05) is 5.56 Å². The number of H-pyrrole nitrogens is 1. The zero-order valence-corrected chi connectivity index (χ0v) is 11.4. The molecule has 2 aromatic rings. The minimum absolute atomic E-state index is 0.0531. The molecular weight excluding hydrogens is 300 g/mol. The van der Waals surface area contributed by atoms with Crippen LogP contribution in [0.15, 0.2) is 22.7 Å². The quantitative estimate of drug-likeness (QED) is 0.914. The van der Waals surface area contributed by atoms with Crippen molar-refractivity contribution in [2.75, 3.05) is 7.11 Å². The van der Waals surface area contributed by atoms with Gasteiger partial charge in [-0.25, -0.2) is 4.79 Å². The number of carboxylic acid groups (broad SMARTS) is 1. The molecule has 0 bridgehead atoms. The van der Waals surface area contributed by atoms with Crippen molar-refractivity contribution in [2.45, 2.75) is 6.92 Å². The summed E-state index contributed by atoms with van der Waals surface area (Å²) in [6, 6.07) is 5.29. The number of ether oxygens (including phenoxy) is 1. The van der Waals surface area contributed by atoms with Crippen molar-refractivity contribution >= 4 is 21.9 Å². The molecule has 2 N–H and O–H groups in total. The maximum absolute atomic E-state index is 10.8. The molecule has 6 heteroatoms. The van der Waals surface area contributed by atoms with Gasteiger partial charge in [-0.1, -0.05) is 0 Å². The number of nitrogens with one attached hydrogen (secondary N) is 1. The topological polar surface area (TPSA) is 75.2 Å². The first-order chi connectivity index (χ1) is 8.52. The van der Waals surface area contributed by atoms with E-state index in [-0.39, 0.29) is 5.69 Å². The summed E-state index contributed by atoms with van der Waals surface area (Å²) in [6.45, 7) is 1.93. The van der Waals surface area contributed by atoms with Gasteiger partial charge in [0.1, 0.15) is 11.4 Å². The molecule has 1 aromatic heterocycles. The zero-order chi connectivity index (χ0) is 13.3. The summed E-state index contributed by atoms with van der Waals surface area (Å²) >= 11 is 3.43.